The van der Waals surface area contributed by atoms with E-state index in [0.29, 0.717) is 19.8 Å². The Morgan fingerprint density at radius 2 is 2.33 bits per heavy atom. The van der Waals surface area contributed by atoms with Gasteiger partial charge in [0.25, 0.3) is 0 Å². The molecule has 0 aliphatic heterocycles. The van der Waals surface area contributed by atoms with E-state index in [0.717, 1.165) is 0 Å². The van der Waals surface area contributed by atoms with Crippen LogP contribution in [0.1, 0.15) is 6.92 Å². The highest BCUT2D eigenvalue weighted by Gasteiger charge is 1.99. The van der Waals surface area contributed by atoms with Crippen LogP contribution in [0.3, 0.4) is 0 Å². The molecule has 5 nitrogen and oxygen atoms in total. The van der Waals surface area contributed by atoms with Crippen molar-refractivity contribution in [1.82, 2.24) is 5.32 Å². The van der Waals surface area contributed by atoms with Crippen molar-refractivity contribution in [3.8, 4) is 0 Å². The molecule has 72 valence electrons. The average molecular weight is 176 g/mol. The van der Waals surface area contributed by atoms with E-state index < -0.39 is 6.09 Å². The molecule has 0 saturated heterocycles. The van der Waals surface area contributed by atoms with Crippen LogP contribution in [-0.2, 0) is 9.47 Å². The highest BCUT2D eigenvalue weighted by atomic mass is 16.5. The summed E-state index contributed by atoms with van der Waals surface area (Å²) < 4.78 is 9.39. The Labute approximate surface area is 72.2 Å². The van der Waals surface area contributed by atoms with Gasteiger partial charge in [0, 0.05) is 19.7 Å². The molecule has 1 atom stereocenters. The zero-order chi connectivity index (χ0) is 9.40. The maximum atomic E-state index is 10.1. The molecule has 0 heterocycles. The predicted octanol–water partition coefficient (Wildman–Crippen LogP) is -0.294. The van der Waals surface area contributed by atoms with Crippen LogP contribution in [0.5, 0.6) is 0 Å². The summed E-state index contributed by atoms with van der Waals surface area (Å²) in [6.45, 7) is 3.50. The highest BCUT2D eigenvalue weighted by Crippen LogP contribution is 1.81. The minimum absolute atomic E-state index is 0.256. The number of ether oxygens (including phenoxy) is 2. The molecule has 0 radical (unpaired) electrons. The molecular formula is C7H16N2O3. The zero-order valence-electron chi connectivity index (χ0n) is 7.50. The maximum absolute atomic E-state index is 10.1. The summed E-state index contributed by atoms with van der Waals surface area (Å²) in [5, 5.41) is 3.08. The smallest absolute Gasteiger partial charge is 0.404 e. The molecule has 0 rings (SSSR count). The van der Waals surface area contributed by atoms with Crippen LogP contribution in [0.25, 0.3) is 0 Å². The van der Waals surface area contributed by atoms with Crippen LogP contribution in [0.2, 0.25) is 0 Å². The molecule has 1 unspecified atom stereocenters. The van der Waals surface area contributed by atoms with Gasteiger partial charge < -0.3 is 20.5 Å². The fourth-order valence-corrected chi connectivity index (χ4v) is 0.766. The summed E-state index contributed by atoms with van der Waals surface area (Å²) in [6, 6.07) is 0.256. The third-order valence-electron chi connectivity index (χ3n) is 1.26. The Kier molecular flexibility index (Phi) is 6.41. The minimum Gasteiger partial charge on any atom is -0.448 e. The van der Waals surface area contributed by atoms with Crippen molar-refractivity contribution in [2.75, 3.05) is 26.9 Å². The first-order valence-electron chi connectivity index (χ1n) is 3.81. The Morgan fingerprint density at radius 3 is 2.83 bits per heavy atom. The molecule has 0 aromatic heterocycles. The monoisotopic (exact) mass is 176 g/mol. The number of hydrogen-bond donors (Lipinski definition) is 2. The fourth-order valence-electron chi connectivity index (χ4n) is 0.766. The minimum atomic E-state index is -0.740. The number of carbonyl (C=O) groups excluding carboxylic acids is 1. The molecule has 5 heteroatoms. The SMILES string of the molecule is COCC(C)NCCOC(N)=O. The molecule has 0 aliphatic carbocycles. The Balaban J connectivity index is 3.13. The van der Waals surface area contributed by atoms with Crippen molar-refractivity contribution in [2.24, 2.45) is 5.73 Å². The molecule has 1 amide bonds. The molecule has 0 spiro atoms. The molecule has 12 heavy (non-hydrogen) atoms. The number of amides is 1. The van der Waals surface area contributed by atoms with Crippen molar-refractivity contribution < 1.29 is 14.3 Å². The Morgan fingerprint density at radius 1 is 1.67 bits per heavy atom. The summed E-state index contributed by atoms with van der Waals surface area (Å²) in [6.07, 6.45) is -0.740. The van der Waals surface area contributed by atoms with Gasteiger partial charge in [0.05, 0.1) is 6.61 Å². The average Bonchev–Trinajstić information content (AvgIpc) is 1.98. The molecule has 0 aromatic rings. The van der Waals surface area contributed by atoms with Gasteiger partial charge in [0.2, 0.25) is 0 Å². The van der Waals surface area contributed by atoms with Crippen molar-refractivity contribution in [2.45, 2.75) is 13.0 Å². The molecule has 0 saturated carbocycles. The second-order valence-electron chi connectivity index (χ2n) is 2.48. The van der Waals surface area contributed by atoms with E-state index in [1.807, 2.05) is 6.92 Å². The summed E-state index contributed by atoms with van der Waals surface area (Å²) in [4.78, 5) is 10.1. The van der Waals surface area contributed by atoms with Gasteiger partial charge in [0.15, 0.2) is 0 Å². The van der Waals surface area contributed by atoms with Gasteiger partial charge in [-0.05, 0) is 6.92 Å². The van der Waals surface area contributed by atoms with Crippen LogP contribution < -0.4 is 11.1 Å². The van der Waals surface area contributed by atoms with E-state index in [2.05, 4.69) is 10.1 Å². The van der Waals surface area contributed by atoms with Gasteiger partial charge in [0.1, 0.15) is 6.61 Å². The summed E-state index contributed by atoms with van der Waals surface area (Å²) in [7, 11) is 1.64. The van der Waals surface area contributed by atoms with Crippen molar-refractivity contribution in [1.29, 1.82) is 0 Å². The number of primary amides is 1. The van der Waals surface area contributed by atoms with Crippen LogP contribution in [0, 0.1) is 0 Å². The number of rotatable bonds is 6. The van der Waals surface area contributed by atoms with Gasteiger partial charge in [-0.1, -0.05) is 0 Å². The number of nitrogens with two attached hydrogens (primary N) is 1. The lowest BCUT2D eigenvalue weighted by atomic mass is 10.3. The summed E-state index contributed by atoms with van der Waals surface area (Å²) in [5.74, 6) is 0. The van der Waals surface area contributed by atoms with E-state index in [9.17, 15) is 4.79 Å². The van der Waals surface area contributed by atoms with Gasteiger partial charge in [-0.15, -0.1) is 0 Å². The van der Waals surface area contributed by atoms with E-state index in [1.165, 1.54) is 0 Å². The van der Waals surface area contributed by atoms with Gasteiger partial charge in [-0.3, -0.25) is 0 Å². The van der Waals surface area contributed by atoms with E-state index in [4.69, 9.17) is 10.5 Å². The fraction of sp³-hybridized carbons (Fsp3) is 0.857. The number of hydrogen-bond acceptors (Lipinski definition) is 4. The first-order valence-corrected chi connectivity index (χ1v) is 3.81. The summed E-state index contributed by atoms with van der Waals surface area (Å²) >= 11 is 0. The molecule has 3 N–H and O–H groups in total. The Hall–Kier alpha value is -0.810. The lowest BCUT2D eigenvalue weighted by molar-refractivity contribution is 0.147. The van der Waals surface area contributed by atoms with Crippen LogP contribution in [0.4, 0.5) is 4.79 Å². The molecular weight excluding hydrogens is 160 g/mol. The highest BCUT2D eigenvalue weighted by molar-refractivity contribution is 5.64. The van der Waals surface area contributed by atoms with E-state index in [1.54, 1.807) is 7.11 Å². The van der Waals surface area contributed by atoms with Crippen LogP contribution in [-0.4, -0.2) is 39.0 Å². The lowest BCUT2D eigenvalue weighted by Crippen LogP contribution is -2.33. The van der Waals surface area contributed by atoms with Crippen LogP contribution in [0.15, 0.2) is 0 Å². The number of carbonyl (C=O) groups is 1. The molecule has 0 fully saturated rings. The second-order valence-corrected chi connectivity index (χ2v) is 2.48. The van der Waals surface area contributed by atoms with Crippen molar-refractivity contribution >= 4 is 6.09 Å². The topological polar surface area (TPSA) is 73.6 Å². The van der Waals surface area contributed by atoms with E-state index >= 15 is 0 Å². The third-order valence-corrected chi connectivity index (χ3v) is 1.26. The van der Waals surface area contributed by atoms with Crippen molar-refractivity contribution in [3.63, 3.8) is 0 Å². The standard InChI is InChI=1S/C7H16N2O3/c1-6(5-11-2)9-3-4-12-7(8)10/h6,9H,3-5H2,1-2H3,(H2,8,10). The van der Waals surface area contributed by atoms with E-state index in [-0.39, 0.29) is 6.04 Å². The quantitative estimate of drug-likeness (QED) is 0.545. The predicted molar refractivity (Wildman–Crippen MR) is 44.9 cm³/mol. The number of nitrogens with one attached hydrogen (secondary N) is 1. The largest absolute Gasteiger partial charge is 0.448 e. The lowest BCUT2D eigenvalue weighted by Gasteiger charge is -2.11. The molecule has 0 aromatic carbocycles. The first kappa shape index (κ1) is 11.2. The Bertz CT molecular complexity index is 130. The third kappa shape index (κ3) is 7.30. The molecule has 0 aliphatic rings. The normalized spacial score (nSPS) is 12.5. The second kappa shape index (κ2) is 6.87. The van der Waals surface area contributed by atoms with Gasteiger partial charge in [-0.2, -0.15) is 0 Å². The van der Waals surface area contributed by atoms with Crippen molar-refractivity contribution in [3.05, 3.63) is 0 Å². The van der Waals surface area contributed by atoms with Gasteiger partial charge >= 0.3 is 6.09 Å². The zero-order valence-corrected chi connectivity index (χ0v) is 7.50. The van der Waals surface area contributed by atoms with Gasteiger partial charge in [-0.25, -0.2) is 4.79 Å². The summed E-state index contributed by atoms with van der Waals surface area (Å²) in [5.41, 5.74) is 4.75. The number of methoxy groups -OCH3 is 1. The maximum Gasteiger partial charge on any atom is 0.404 e. The van der Waals surface area contributed by atoms with Crippen LogP contribution >= 0.6 is 0 Å². The molecule has 0 bridgehead atoms. The first-order chi connectivity index (χ1) is 5.66.